The number of halogens is 1. The highest BCUT2D eigenvalue weighted by molar-refractivity contribution is 6.24. The predicted molar refractivity (Wildman–Crippen MR) is 107 cm³/mol. The maximum atomic E-state index is 13.2. The van der Waals surface area contributed by atoms with Crippen LogP contribution in [-0.4, -0.2) is 40.8 Å². The zero-order valence-corrected chi connectivity index (χ0v) is 18.1. The number of carbonyl (C=O) groups excluding carboxylic acids is 3. The van der Waals surface area contributed by atoms with Crippen LogP contribution in [0.2, 0.25) is 0 Å². The van der Waals surface area contributed by atoms with Crippen molar-refractivity contribution >= 4 is 29.3 Å². The van der Waals surface area contributed by atoms with Gasteiger partial charge in [-0.2, -0.15) is 0 Å². The minimum atomic E-state index is -0.941. The van der Waals surface area contributed by atoms with Crippen LogP contribution >= 0.6 is 11.6 Å². The van der Waals surface area contributed by atoms with Crippen LogP contribution in [0.1, 0.15) is 77.6 Å². The smallest absolute Gasteiger partial charge is 0.339 e. The Bertz CT molecular complexity index is 874. The lowest BCUT2D eigenvalue weighted by molar-refractivity contribution is -0.172. The number of esters is 2. The number of rotatable bonds is 5. The molecule has 4 saturated carbocycles. The topological polar surface area (TPSA) is 85.5 Å². The van der Waals surface area contributed by atoms with Crippen LogP contribution in [0.25, 0.3) is 0 Å². The Balaban J connectivity index is 1.51. The summed E-state index contributed by atoms with van der Waals surface area (Å²) in [5.41, 5.74) is 1.14. The molecular formula is C22H28ClNO5. The Labute approximate surface area is 175 Å². The minimum absolute atomic E-state index is 0.280. The molecular weight excluding hydrogens is 394 g/mol. The number of aromatic nitrogens is 1. The molecule has 29 heavy (non-hydrogen) atoms. The summed E-state index contributed by atoms with van der Waals surface area (Å²) in [7, 11) is 1.30. The molecule has 1 N–H and O–H groups in total. The number of hydrogen-bond donors (Lipinski definition) is 1. The molecule has 0 amide bonds. The summed E-state index contributed by atoms with van der Waals surface area (Å²) >= 11 is 6.82. The summed E-state index contributed by atoms with van der Waals surface area (Å²) in [6, 6.07) is 0. The number of Topliss-reactive ketones (excluding diaryl/α,β-unsaturated/α-hetero) is 1. The molecule has 158 valence electrons. The average Bonchev–Trinajstić information content (AvgIpc) is 2.92. The summed E-state index contributed by atoms with van der Waals surface area (Å²) in [5, 5.41) is 0. The van der Waals surface area contributed by atoms with Gasteiger partial charge in [-0.05, 0) is 76.7 Å². The first kappa shape index (κ1) is 20.5. The van der Waals surface area contributed by atoms with Crippen LogP contribution in [0, 0.1) is 31.1 Å². The highest BCUT2D eigenvalue weighted by atomic mass is 35.5. The molecule has 4 fully saturated rings. The monoisotopic (exact) mass is 421 g/mol. The molecule has 0 aliphatic heterocycles. The second-order valence-electron chi connectivity index (χ2n) is 9.42. The second kappa shape index (κ2) is 6.86. The van der Waals surface area contributed by atoms with Gasteiger partial charge in [-0.3, -0.25) is 9.59 Å². The first-order valence-electron chi connectivity index (χ1n) is 10.3. The van der Waals surface area contributed by atoms with Gasteiger partial charge in [0.15, 0.2) is 6.10 Å². The molecule has 5 rings (SSSR count). The number of aryl methyl sites for hydroxylation is 1. The van der Waals surface area contributed by atoms with Crippen molar-refractivity contribution in [2.45, 2.75) is 70.3 Å². The molecule has 0 spiro atoms. The van der Waals surface area contributed by atoms with Gasteiger partial charge in [0.05, 0.1) is 23.8 Å². The van der Waals surface area contributed by atoms with Gasteiger partial charge >= 0.3 is 11.9 Å². The quantitative estimate of drug-likeness (QED) is 0.439. The summed E-state index contributed by atoms with van der Waals surface area (Å²) in [4.78, 5) is 40.8. The lowest BCUT2D eigenvalue weighted by atomic mass is 9.49. The summed E-state index contributed by atoms with van der Waals surface area (Å²) in [5.74, 6) is -0.196. The van der Waals surface area contributed by atoms with Crippen LogP contribution in [0.5, 0.6) is 0 Å². The van der Waals surface area contributed by atoms with Crippen molar-refractivity contribution in [2.75, 3.05) is 7.11 Å². The van der Waals surface area contributed by atoms with Crippen LogP contribution in [-0.2, 0) is 14.3 Å². The average molecular weight is 422 g/mol. The van der Waals surface area contributed by atoms with Crippen molar-refractivity contribution in [3.8, 4) is 0 Å². The summed E-state index contributed by atoms with van der Waals surface area (Å²) in [6.45, 7) is 4.99. The van der Waals surface area contributed by atoms with E-state index in [-0.39, 0.29) is 22.3 Å². The number of alkyl halides is 1. The number of methoxy groups -OCH3 is 1. The number of ether oxygens (including phenoxy) is 2. The van der Waals surface area contributed by atoms with Crippen molar-refractivity contribution in [3.63, 3.8) is 0 Å². The number of carbonyl (C=O) groups is 3. The van der Waals surface area contributed by atoms with E-state index in [4.69, 9.17) is 21.1 Å². The number of H-pyrrole nitrogens is 1. The molecule has 7 heteroatoms. The molecule has 4 aliphatic carbocycles. The summed E-state index contributed by atoms with van der Waals surface area (Å²) < 4.78 is 10.5. The highest BCUT2D eigenvalue weighted by Gasteiger charge is 2.61. The van der Waals surface area contributed by atoms with Gasteiger partial charge in [0.1, 0.15) is 0 Å². The van der Waals surface area contributed by atoms with Crippen molar-refractivity contribution in [1.82, 2.24) is 4.98 Å². The van der Waals surface area contributed by atoms with E-state index in [1.165, 1.54) is 7.11 Å². The second-order valence-corrected chi connectivity index (χ2v) is 10.2. The van der Waals surface area contributed by atoms with Crippen molar-refractivity contribution in [1.29, 1.82) is 0 Å². The first-order valence-corrected chi connectivity index (χ1v) is 10.7. The fraction of sp³-hybridized carbons (Fsp3) is 0.682. The maximum absolute atomic E-state index is 13.2. The van der Waals surface area contributed by atoms with Crippen LogP contribution < -0.4 is 0 Å². The Hall–Kier alpha value is -1.82. The van der Waals surface area contributed by atoms with E-state index in [9.17, 15) is 14.4 Å². The molecule has 0 saturated heterocycles. The van der Waals surface area contributed by atoms with Gasteiger partial charge in [0.25, 0.3) is 0 Å². The molecule has 4 aliphatic rings. The van der Waals surface area contributed by atoms with Crippen LogP contribution in [0.3, 0.4) is 0 Å². The Kier molecular flexibility index (Phi) is 4.84. The lowest BCUT2D eigenvalue weighted by Crippen LogP contribution is -2.56. The number of ketones is 1. The standard InChI is InChI=1S/C22H28ClNO5/c1-11-16(19(26)28-4)12(2)24-17(11)18(25)13(3)29-20(27)21-6-14-5-15(7-21)9-22(23,8-14)10-21/h13-15,24H,5-10H2,1-4H3/t13-,14-,15+,21?,22?/m0/s1. The van der Waals surface area contributed by atoms with Gasteiger partial charge in [0.2, 0.25) is 5.78 Å². The third kappa shape index (κ3) is 3.29. The number of hydrogen-bond acceptors (Lipinski definition) is 5. The van der Waals surface area contributed by atoms with Crippen LogP contribution in [0.15, 0.2) is 0 Å². The molecule has 6 nitrogen and oxygen atoms in total. The number of nitrogens with one attached hydrogen (secondary N) is 1. The minimum Gasteiger partial charge on any atom is -0.465 e. The van der Waals surface area contributed by atoms with Crippen LogP contribution in [0.4, 0.5) is 0 Å². The lowest BCUT2D eigenvalue weighted by Gasteiger charge is -2.58. The van der Waals surface area contributed by atoms with E-state index in [0.29, 0.717) is 35.1 Å². The SMILES string of the molecule is COC(=O)c1c(C)[nH]c(C(=O)[C@H](C)OC(=O)C23C[C@@H]4C[C@@H](CC(Cl)(C4)C2)C3)c1C. The largest absolute Gasteiger partial charge is 0.465 e. The zero-order valence-electron chi connectivity index (χ0n) is 17.4. The normalized spacial score (nSPS) is 33.4. The molecule has 0 radical (unpaired) electrons. The molecule has 1 heterocycles. The van der Waals surface area contributed by atoms with Gasteiger partial charge in [-0.15, -0.1) is 11.6 Å². The molecule has 4 bridgehead atoms. The third-order valence-corrected chi connectivity index (χ3v) is 7.59. The van der Waals surface area contributed by atoms with Gasteiger partial charge in [-0.25, -0.2) is 4.79 Å². The van der Waals surface area contributed by atoms with Gasteiger partial charge in [-0.1, -0.05) is 0 Å². The van der Waals surface area contributed by atoms with Crippen molar-refractivity contribution in [2.24, 2.45) is 17.3 Å². The Morgan fingerprint density at radius 3 is 2.31 bits per heavy atom. The molecule has 2 unspecified atom stereocenters. The molecule has 5 atom stereocenters. The fourth-order valence-corrected chi connectivity index (χ4v) is 7.03. The first-order chi connectivity index (χ1) is 13.6. The molecule has 0 aromatic carbocycles. The maximum Gasteiger partial charge on any atom is 0.339 e. The van der Waals surface area contributed by atoms with E-state index < -0.39 is 17.5 Å². The number of aromatic amines is 1. The highest BCUT2D eigenvalue weighted by Crippen LogP contribution is 2.64. The summed E-state index contributed by atoms with van der Waals surface area (Å²) in [6.07, 6.45) is 4.42. The third-order valence-electron chi connectivity index (χ3n) is 7.15. The van der Waals surface area contributed by atoms with Crippen molar-refractivity contribution < 1.29 is 23.9 Å². The predicted octanol–water partition coefficient (Wildman–Crippen LogP) is 4.11. The van der Waals surface area contributed by atoms with E-state index in [2.05, 4.69) is 4.98 Å². The van der Waals surface area contributed by atoms with E-state index >= 15 is 0 Å². The fourth-order valence-electron chi connectivity index (χ4n) is 6.34. The Morgan fingerprint density at radius 2 is 1.76 bits per heavy atom. The molecule has 1 aromatic rings. The van der Waals surface area contributed by atoms with E-state index in [1.54, 1.807) is 20.8 Å². The zero-order chi connectivity index (χ0) is 21.1. The van der Waals surface area contributed by atoms with Crippen molar-refractivity contribution in [3.05, 3.63) is 22.5 Å². The Morgan fingerprint density at radius 1 is 1.14 bits per heavy atom. The van der Waals surface area contributed by atoms with Gasteiger partial charge in [0, 0.05) is 10.6 Å². The van der Waals surface area contributed by atoms with E-state index in [1.807, 2.05) is 0 Å². The van der Waals surface area contributed by atoms with E-state index in [0.717, 1.165) is 32.1 Å². The molecule has 1 aromatic heterocycles. The van der Waals surface area contributed by atoms with Gasteiger partial charge < -0.3 is 14.5 Å².